The molecule has 1 atom stereocenters. The van der Waals surface area contributed by atoms with E-state index in [-0.39, 0.29) is 28.7 Å². The molecule has 5 rings (SSSR count). The van der Waals surface area contributed by atoms with E-state index in [9.17, 15) is 9.59 Å². The molecule has 8 heteroatoms. The number of halogens is 1. The van der Waals surface area contributed by atoms with Gasteiger partial charge in [0.05, 0.1) is 4.53 Å². The average Bonchev–Trinajstić information content (AvgIpc) is 3.05. The van der Waals surface area contributed by atoms with Crippen molar-refractivity contribution in [1.29, 1.82) is 0 Å². The van der Waals surface area contributed by atoms with E-state index in [1.807, 2.05) is 55.5 Å². The van der Waals surface area contributed by atoms with E-state index in [4.69, 9.17) is 16.3 Å². The minimum Gasteiger partial charge on any atom is -0.485 e. The summed E-state index contributed by atoms with van der Waals surface area (Å²) in [5.74, 6) is 0.809. The number of para-hydroxylation sites is 1. The van der Waals surface area contributed by atoms with Crippen molar-refractivity contribution in [2.75, 3.05) is 0 Å². The first-order valence-corrected chi connectivity index (χ1v) is 10.8. The summed E-state index contributed by atoms with van der Waals surface area (Å²) in [6.07, 6.45) is 3.77. The number of nitrogens with zero attached hydrogens (tertiary/aromatic N) is 3. The van der Waals surface area contributed by atoms with Crippen LogP contribution in [0.1, 0.15) is 23.7 Å². The molecule has 0 aliphatic carbocycles. The van der Waals surface area contributed by atoms with Crippen LogP contribution >= 0.6 is 22.9 Å². The number of thiazole rings is 1. The van der Waals surface area contributed by atoms with Gasteiger partial charge >= 0.3 is 0 Å². The lowest BCUT2D eigenvalue weighted by molar-refractivity contribution is 0.259. The van der Waals surface area contributed by atoms with Crippen LogP contribution in [-0.4, -0.2) is 20.7 Å². The van der Waals surface area contributed by atoms with Crippen molar-refractivity contribution < 1.29 is 4.74 Å². The monoisotopic (exact) mass is 449 g/mol. The lowest BCUT2D eigenvalue weighted by Crippen LogP contribution is -2.29. The highest BCUT2D eigenvalue weighted by atomic mass is 35.5. The van der Waals surface area contributed by atoms with Gasteiger partial charge in [0.1, 0.15) is 17.5 Å². The van der Waals surface area contributed by atoms with Gasteiger partial charge in [-0.2, -0.15) is 14.6 Å². The van der Waals surface area contributed by atoms with Crippen LogP contribution in [0.4, 0.5) is 0 Å². The molecule has 0 bridgehead atoms. The van der Waals surface area contributed by atoms with E-state index < -0.39 is 5.56 Å². The molecule has 3 heterocycles. The molecule has 1 aliphatic heterocycles. The predicted octanol–water partition coefficient (Wildman–Crippen LogP) is 3.12. The maximum Gasteiger partial charge on any atom is 0.296 e. The maximum absolute atomic E-state index is 13.0. The van der Waals surface area contributed by atoms with E-state index in [1.54, 1.807) is 12.1 Å². The highest BCUT2D eigenvalue weighted by Crippen LogP contribution is 2.29. The minimum absolute atomic E-state index is 0.176. The number of benzene rings is 2. The van der Waals surface area contributed by atoms with E-state index in [2.05, 4.69) is 10.1 Å². The molecule has 31 heavy (non-hydrogen) atoms. The Morgan fingerprint density at radius 3 is 2.77 bits per heavy atom. The van der Waals surface area contributed by atoms with Crippen molar-refractivity contribution in [2.45, 2.75) is 19.4 Å². The topological polar surface area (TPSA) is 73.6 Å². The van der Waals surface area contributed by atoms with Crippen LogP contribution in [0.15, 0.2) is 63.7 Å². The van der Waals surface area contributed by atoms with Gasteiger partial charge in [-0.25, -0.2) is 0 Å². The molecule has 2 aromatic heterocycles. The Morgan fingerprint density at radius 1 is 1.16 bits per heavy atom. The van der Waals surface area contributed by atoms with Gasteiger partial charge in [0.2, 0.25) is 4.96 Å². The summed E-state index contributed by atoms with van der Waals surface area (Å²) in [5, 5.41) is 4.83. The Labute approximate surface area is 185 Å². The van der Waals surface area contributed by atoms with Crippen LogP contribution < -0.4 is 20.4 Å². The molecule has 4 aromatic rings. The van der Waals surface area contributed by atoms with E-state index >= 15 is 0 Å². The second kappa shape index (κ2) is 7.76. The summed E-state index contributed by atoms with van der Waals surface area (Å²) in [6, 6.07) is 14.9. The molecule has 1 aliphatic rings. The first-order chi connectivity index (χ1) is 15.0. The molecule has 0 amide bonds. The predicted molar refractivity (Wildman–Crippen MR) is 122 cm³/mol. The van der Waals surface area contributed by atoms with Crippen LogP contribution in [0.25, 0.3) is 17.1 Å². The van der Waals surface area contributed by atoms with Crippen molar-refractivity contribution in [3.63, 3.8) is 0 Å². The Kier molecular flexibility index (Phi) is 4.92. The number of aromatic nitrogens is 3. The molecule has 0 N–H and O–H groups in total. The van der Waals surface area contributed by atoms with Crippen molar-refractivity contribution in [3.8, 4) is 5.75 Å². The molecule has 0 saturated carbocycles. The van der Waals surface area contributed by atoms with E-state index in [0.717, 1.165) is 33.8 Å². The van der Waals surface area contributed by atoms with Gasteiger partial charge < -0.3 is 4.74 Å². The smallest absolute Gasteiger partial charge is 0.296 e. The maximum atomic E-state index is 13.0. The summed E-state index contributed by atoms with van der Waals surface area (Å²) in [7, 11) is 0. The SMILES string of the molecule is C[C@@H]1Oc2ccccc2C=C1/C=c1\sc2nc(=O)c(Cc3ccccc3Cl)nn2c1=O. The van der Waals surface area contributed by atoms with Crippen LogP contribution in [0, 0.1) is 0 Å². The van der Waals surface area contributed by atoms with Crippen molar-refractivity contribution in [1.82, 2.24) is 14.6 Å². The largest absolute Gasteiger partial charge is 0.485 e. The molecule has 0 unspecified atom stereocenters. The highest BCUT2D eigenvalue weighted by molar-refractivity contribution is 7.15. The standard InChI is InChI=1S/C23H16ClN3O3S/c1-13-16(10-15-7-3-5-9-19(15)30-13)12-20-22(29)27-23(31-20)25-21(28)18(26-27)11-14-6-2-4-8-17(14)24/h2-10,12-13H,11H2,1H3/b20-12-/t13-/m0/s1. The molecule has 154 valence electrons. The van der Waals surface area contributed by atoms with Gasteiger partial charge in [0, 0.05) is 17.0 Å². The number of rotatable bonds is 3. The normalized spacial score (nSPS) is 16.1. The molecule has 0 spiro atoms. The zero-order chi connectivity index (χ0) is 21.5. The quantitative estimate of drug-likeness (QED) is 0.480. The molecule has 6 nitrogen and oxygen atoms in total. The number of hydrogen-bond acceptors (Lipinski definition) is 6. The third-order valence-corrected chi connectivity index (χ3v) is 6.41. The Bertz CT molecular complexity index is 1520. The number of fused-ring (bicyclic) bond motifs is 2. The Morgan fingerprint density at radius 2 is 1.94 bits per heavy atom. The number of ether oxygens (including phenoxy) is 1. The number of hydrogen-bond donors (Lipinski definition) is 0. The lowest BCUT2D eigenvalue weighted by atomic mass is 10.0. The summed E-state index contributed by atoms with van der Waals surface area (Å²) in [5.41, 5.74) is 1.96. The Balaban J connectivity index is 1.60. The fraction of sp³-hybridized carbons (Fsp3) is 0.130. The first kappa shape index (κ1) is 19.7. The van der Waals surface area contributed by atoms with Crippen molar-refractivity contribution >= 4 is 40.1 Å². The molecule has 2 aromatic carbocycles. The molecule has 0 saturated heterocycles. The Hall–Kier alpha value is -3.29. The van der Waals surface area contributed by atoms with Gasteiger partial charge in [-0.3, -0.25) is 9.59 Å². The molecular formula is C23H16ClN3O3S. The average molecular weight is 450 g/mol. The van der Waals surface area contributed by atoms with Crippen molar-refractivity contribution in [3.05, 3.63) is 101 Å². The minimum atomic E-state index is -0.463. The summed E-state index contributed by atoms with van der Waals surface area (Å²) >= 11 is 7.33. The lowest BCUT2D eigenvalue weighted by Gasteiger charge is -2.22. The summed E-state index contributed by atoms with van der Waals surface area (Å²) in [4.78, 5) is 29.8. The zero-order valence-electron chi connectivity index (χ0n) is 16.4. The van der Waals surface area contributed by atoms with Crippen LogP contribution in [0.2, 0.25) is 5.02 Å². The van der Waals surface area contributed by atoms with Gasteiger partial charge in [0.25, 0.3) is 11.1 Å². The van der Waals surface area contributed by atoms with Crippen LogP contribution in [0.3, 0.4) is 0 Å². The van der Waals surface area contributed by atoms with Gasteiger partial charge in [-0.15, -0.1) is 0 Å². The second-order valence-corrected chi connectivity index (χ2v) is 8.60. The van der Waals surface area contributed by atoms with E-state index in [0.29, 0.717) is 9.55 Å². The molecule has 0 radical (unpaired) electrons. The van der Waals surface area contributed by atoms with Crippen LogP contribution in [0.5, 0.6) is 5.75 Å². The fourth-order valence-corrected chi connectivity index (χ4v) is 4.55. The molecule has 0 fully saturated rings. The van der Waals surface area contributed by atoms with Crippen molar-refractivity contribution in [2.24, 2.45) is 0 Å². The zero-order valence-corrected chi connectivity index (χ0v) is 18.0. The first-order valence-electron chi connectivity index (χ1n) is 9.65. The van der Waals surface area contributed by atoms with Gasteiger partial charge in [-0.1, -0.05) is 59.3 Å². The third kappa shape index (κ3) is 3.66. The summed E-state index contributed by atoms with van der Waals surface area (Å²) in [6.45, 7) is 1.93. The second-order valence-electron chi connectivity index (χ2n) is 7.18. The third-order valence-electron chi connectivity index (χ3n) is 5.08. The fourth-order valence-electron chi connectivity index (χ4n) is 3.45. The van der Waals surface area contributed by atoms with E-state index in [1.165, 1.54) is 4.52 Å². The highest BCUT2D eigenvalue weighted by Gasteiger charge is 2.18. The van der Waals surface area contributed by atoms with Crippen LogP contribution in [-0.2, 0) is 6.42 Å². The molecular weight excluding hydrogens is 434 g/mol. The van der Waals surface area contributed by atoms with Gasteiger partial charge in [-0.05, 0) is 42.3 Å². The van der Waals surface area contributed by atoms with Gasteiger partial charge in [0.15, 0.2) is 0 Å². The summed E-state index contributed by atoms with van der Waals surface area (Å²) < 4.78 is 7.58.